The molecule has 1 saturated heterocycles. The highest BCUT2D eigenvalue weighted by atomic mass is 32.2. The largest absolute Gasteiger partial charge is 0.322 e. The number of rotatable bonds is 4. The normalized spacial score (nSPS) is 15.6. The van der Waals surface area contributed by atoms with Crippen LogP contribution in [0, 0.1) is 6.92 Å². The molecule has 8 heteroatoms. The molecule has 2 aromatic carbocycles. The molecule has 0 bridgehead atoms. The molecule has 0 unspecified atom stereocenters. The molecule has 0 atom stereocenters. The van der Waals surface area contributed by atoms with Crippen LogP contribution in [0.1, 0.15) is 34.6 Å². The number of carbonyl (C=O) groups excluding carboxylic acids is 1. The maximum atomic E-state index is 12.7. The summed E-state index contributed by atoms with van der Waals surface area (Å²) in [6.45, 7) is 3.06. The second-order valence-corrected chi connectivity index (χ2v) is 10.0. The van der Waals surface area contributed by atoms with Gasteiger partial charge in [0.15, 0.2) is 0 Å². The van der Waals surface area contributed by atoms with Gasteiger partial charge in [0.1, 0.15) is 0 Å². The predicted octanol–water partition coefficient (Wildman–Crippen LogP) is 4.03. The molecule has 146 valence electrons. The summed E-state index contributed by atoms with van der Waals surface area (Å²) < 4.78 is 28.0. The first-order valence-electron chi connectivity index (χ1n) is 9.22. The number of nitrogens with zero attached hydrogens (tertiary/aromatic N) is 2. The molecule has 0 saturated carbocycles. The average Bonchev–Trinajstić information content (AvgIpc) is 3.08. The fourth-order valence-electron chi connectivity index (χ4n) is 3.36. The Balaban J connectivity index is 1.50. The van der Waals surface area contributed by atoms with Gasteiger partial charge in [-0.2, -0.15) is 4.31 Å². The third-order valence-electron chi connectivity index (χ3n) is 4.82. The van der Waals surface area contributed by atoms with Gasteiger partial charge in [0.25, 0.3) is 5.91 Å². The number of sulfonamides is 1. The van der Waals surface area contributed by atoms with Crippen molar-refractivity contribution in [2.24, 2.45) is 0 Å². The molecule has 0 radical (unpaired) electrons. The Morgan fingerprint density at radius 2 is 1.79 bits per heavy atom. The Hall–Kier alpha value is -2.29. The van der Waals surface area contributed by atoms with Gasteiger partial charge in [-0.15, -0.1) is 11.3 Å². The summed E-state index contributed by atoms with van der Waals surface area (Å²) in [5.41, 5.74) is 1.92. The second-order valence-electron chi connectivity index (χ2n) is 6.86. The monoisotopic (exact) mass is 415 g/mol. The van der Waals surface area contributed by atoms with Crippen LogP contribution in [0.4, 0.5) is 5.69 Å². The van der Waals surface area contributed by atoms with E-state index in [9.17, 15) is 13.2 Å². The first kappa shape index (κ1) is 19.0. The zero-order valence-corrected chi connectivity index (χ0v) is 17.1. The number of aromatic nitrogens is 1. The molecule has 1 amide bonds. The number of anilines is 1. The van der Waals surface area contributed by atoms with E-state index in [2.05, 4.69) is 10.3 Å². The molecular formula is C20H21N3O3S2. The second kappa shape index (κ2) is 7.62. The van der Waals surface area contributed by atoms with Crippen LogP contribution in [0.3, 0.4) is 0 Å². The first-order valence-corrected chi connectivity index (χ1v) is 11.5. The van der Waals surface area contributed by atoms with Crippen molar-refractivity contribution in [3.63, 3.8) is 0 Å². The zero-order chi connectivity index (χ0) is 19.7. The summed E-state index contributed by atoms with van der Waals surface area (Å²) in [6, 6.07) is 11.7. The summed E-state index contributed by atoms with van der Waals surface area (Å²) in [5.74, 6) is -0.284. The Bertz CT molecular complexity index is 1120. The van der Waals surface area contributed by atoms with Crippen molar-refractivity contribution in [1.82, 2.24) is 9.29 Å². The fraction of sp³-hybridized carbons (Fsp3) is 0.300. The van der Waals surface area contributed by atoms with Gasteiger partial charge in [0.05, 0.1) is 20.1 Å². The fourth-order valence-corrected chi connectivity index (χ4v) is 5.68. The van der Waals surface area contributed by atoms with E-state index < -0.39 is 10.0 Å². The Kier molecular flexibility index (Phi) is 5.18. The molecule has 1 aliphatic heterocycles. The van der Waals surface area contributed by atoms with Crippen molar-refractivity contribution in [2.75, 3.05) is 18.4 Å². The van der Waals surface area contributed by atoms with Gasteiger partial charge in [-0.05, 0) is 62.2 Å². The lowest BCUT2D eigenvalue weighted by Gasteiger charge is -2.25. The average molecular weight is 416 g/mol. The van der Waals surface area contributed by atoms with E-state index in [-0.39, 0.29) is 10.8 Å². The molecule has 28 heavy (non-hydrogen) atoms. The van der Waals surface area contributed by atoms with E-state index in [0.717, 1.165) is 34.5 Å². The number of fused-ring (bicyclic) bond motifs is 1. The van der Waals surface area contributed by atoms with E-state index >= 15 is 0 Å². The van der Waals surface area contributed by atoms with Gasteiger partial charge in [-0.1, -0.05) is 6.42 Å². The van der Waals surface area contributed by atoms with Gasteiger partial charge >= 0.3 is 0 Å². The Morgan fingerprint density at radius 1 is 1.07 bits per heavy atom. The quantitative estimate of drug-likeness (QED) is 0.698. The van der Waals surface area contributed by atoms with Crippen LogP contribution >= 0.6 is 11.3 Å². The number of aryl methyl sites for hydroxylation is 1. The van der Waals surface area contributed by atoms with E-state index in [0.29, 0.717) is 24.3 Å². The van der Waals surface area contributed by atoms with E-state index in [1.807, 2.05) is 25.1 Å². The third kappa shape index (κ3) is 3.80. The molecule has 2 heterocycles. The van der Waals surface area contributed by atoms with E-state index in [1.165, 1.54) is 16.4 Å². The maximum Gasteiger partial charge on any atom is 0.255 e. The number of thiazole rings is 1. The number of hydrogen-bond acceptors (Lipinski definition) is 5. The summed E-state index contributed by atoms with van der Waals surface area (Å²) in [7, 11) is -3.49. The molecule has 1 N–H and O–H groups in total. The van der Waals surface area contributed by atoms with Gasteiger partial charge in [0, 0.05) is 24.3 Å². The lowest BCUT2D eigenvalue weighted by molar-refractivity contribution is 0.102. The van der Waals surface area contributed by atoms with Crippen molar-refractivity contribution < 1.29 is 13.2 Å². The van der Waals surface area contributed by atoms with Gasteiger partial charge in [-0.25, -0.2) is 13.4 Å². The Morgan fingerprint density at radius 3 is 2.50 bits per heavy atom. The summed E-state index contributed by atoms with van der Waals surface area (Å²) in [5, 5.41) is 3.82. The van der Waals surface area contributed by atoms with Gasteiger partial charge in [-0.3, -0.25) is 4.79 Å². The molecule has 0 aliphatic carbocycles. The van der Waals surface area contributed by atoms with Crippen LogP contribution < -0.4 is 5.32 Å². The van der Waals surface area contributed by atoms with Gasteiger partial charge in [0.2, 0.25) is 10.0 Å². The number of amides is 1. The molecular weight excluding hydrogens is 394 g/mol. The van der Waals surface area contributed by atoms with Crippen molar-refractivity contribution in [2.45, 2.75) is 31.1 Å². The number of hydrogen-bond donors (Lipinski definition) is 1. The van der Waals surface area contributed by atoms with E-state index in [4.69, 9.17) is 0 Å². The molecule has 1 aromatic heterocycles. The number of carbonyl (C=O) groups is 1. The van der Waals surface area contributed by atoms with Crippen LogP contribution in [0.25, 0.3) is 10.2 Å². The molecule has 6 nitrogen and oxygen atoms in total. The van der Waals surface area contributed by atoms with Crippen LogP contribution in [0.15, 0.2) is 47.4 Å². The molecule has 1 fully saturated rings. The number of piperidine rings is 1. The smallest absolute Gasteiger partial charge is 0.255 e. The summed E-state index contributed by atoms with van der Waals surface area (Å²) in [4.78, 5) is 17.2. The minimum absolute atomic E-state index is 0.227. The van der Waals surface area contributed by atoms with E-state index in [1.54, 1.807) is 23.5 Å². The van der Waals surface area contributed by atoms with Crippen molar-refractivity contribution in [3.8, 4) is 0 Å². The minimum Gasteiger partial charge on any atom is -0.322 e. The lowest BCUT2D eigenvalue weighted by Crippen LogP contribution is -2.35. The topological polar surface area (TPSA) is 79.4 Å². The molecule has 0 spiro atoms. The van der Waals surface area contributed by atoms with Gasteiger partial charge < -0.3 is 5.32 Å². The summed E-state index contributed by atoms with van der Waals surface area (Å²) >= 11 is 1.61. The third-order valence-corrected chi connectivity index (χ3v) is 7.69. The van der Waals surface area contributed by atoms with Crippen LogP contribution in [0.5, 0.6) is 0 Å². The molecule has 1 aliphatic rings. The van der Waals surface area contributed by atoms with Crippen LogP contribution in [-0.4, -0.2) is 36.7 Å². The van der Waals surface area contributed by atoms with Crippen LogP contribution in [0.2, 0.25) is 0 Å². The highest BCUT2D eigenvalue weighted by Crippen LogP contribution is 2.25. The molecule has 3 aromatic rings. The van der Waals surface area contributed by atoms with Crippen LogP contribution in [-0.2, 0) is 10.0 Å². The Labute approximate surface area is 168 Å². The first-order chi connectivity index (χ1) is 13.4. The minimum atomic E-state index is -3.49. The number of nitrogens with one attached hydrogen (secondary N) is 1. The van der Waals surface area contributed by atoms with Crippen molar-refractivity contribution in [3.05, 3.63) is 53.0 Å². The summed E-state index contributed by atoms with van der Waals surface area (Å²) in [6.07, 6.45) is 2.85. The lowest BCUT2D eigenvalue weighted by atomic mass is 10.2. The maximum absolute atomic E-state index is 12.7. The standard InChI is InChI=1S/C20H21N3O3S2/c1-14-21-18-13-16(7-10-19(18)27-14)22-20(24)15-5-8-17(9-6-15)28(25,26)23-11-3-2-4-12-23/h5-10,13H,2-4,11-12H2,1H3,(H,22,24). The zero-order valence-electron chi connectivity index (χ0n) is 15.5. The van der Waals surface area contributed by atoms with Crippen molar-refractivity contribution >= 4 is 43.2 Å². The highest BCUT2D eigenvalue weighted by molar-refractivity contribution is 7.89. The van der Waals surface area contributed by atoms with Crippen molar-refractivity contribution in [1.29, 1.82) is 0 Å². The predicted molar refractivity (Wildman–Crippen MR) is 111 cm³/mol. The molecule has 4 rings (SSSR count). The SMILES string of the molecule is Cc1nc2cc(NC(=O)c3ccc(S(=O)(=O)N4CCCCC4)cc3)ccc2s1. The number of benzene rings is 2. The highest BCUT2D eigenvalue weighted by Gasteiger charge is 2.25.